The fourth-order valence-corrected chi connectivity index (χ4v) is 2.54. The Balaban J connectivity index is 1.89. The van der Waals surface area contributed by atoms with Crippen molar-refractivity contribution in [2.45, 2.75) is 6.42 Å². The highest BCUT2D eigenvalue weighted by atomic mass is 35.5. The van der Waals surface area contributed by atoms with Crippen LogP contribution >= 0.6 is 23.2 Å². The van der Waals surface area contributed by atoms with E-state index in [0.717, 1.165) is 0 Å². The zero-order chi connectivity index (χ0) is 19.1. The molecule has 0 aliphatic heterocycles. The fourth-order valence-electron chi connectivity index (χ4n) is 2.12. The van der Waals surface area contributed by atoms with Crippen LogP contribution in [0.3, 0.4) is 0 Å². The van der Waals surface area contributed by atoms with Crippen molar-refractivity contribution in [3.05, 3.63) is 57.6 Å². The minimum Gasteiger partial charge on any atom is -0.496 e. The number of hydrogen-bond acceptors (Lipinski definition) is 5. The van der Waals surface area contributed by atoms with Gasteiger partial charge in [-0.15, -0.1) is 0 Å². The van der Waals surface area contributed by atoms with E-state index in [0.29, 0.717) is 27.6 Å². The van der Waals surface area contributed by atoms with E-state index in [4.69, 9.17) is 37.9 Å². The third-order valence-corrected chi connectivity index (χ3v) is 3.86. The Labute approximate surface area is 160 Å². The van der Waals surface area contributed by atoms with Gasteiger partial charge in [-0.05, 0) is 36.4 Å². The maximum absolute atomic E-state index is 11.9. The number of ether oxygens (including phenoxy) is 2. The predicted octanol–water partition coefficient (Wildman–Crippen LogP) is 3.60. The first-order valence-electron chi connectivity index (χ1n) is 7.40. The first kappa shape index (κ1) is 19.6. The molecular weight excluding hydrogens is 379 g/mol. The second-order valence-corrected chi connectivity index (χ2v) is 5.99. The summed E-state index contributed by atoms with van der Waals surface area (Å²) in [5.74, 6) is -0.626. The number of nitriles is 1. The molecule has 0 radical (unpaired) electrons. The summed E-state index contributed by atoms with van der Waals surface area (Å²) in [5.41, 5.74) is 1.25. The lowest BCUT2D eigenvalue weighted by Crippen LogP contribution is -2.21. The summed E-state index contributed by atoms with van der Waals surface area (Å²) in [6.07, 6.45) is -0.0836. The molecule has 1 amide bonds. The molecule has 2 aromatic carbocycles. The van der Waals surface area contributed by atoms with Crippen LogP contribution in [0.1, 0.15) is 11.1 Å². The minimum absolute atomic E-state index is 0.0836. The molecule has 0 bridgehead atoms. The number of hydrogen-bond donors (Lipinski definition) is 1. The number of anilines is 1. The number of esters is 1. The van der Waals surface area contributed by atoms with Gasteiger partial charge in [0.1, 0.15) is 11.8 Å². The lowest BCUT2D eigenvalue weighted by molar-refractivity contribution is -0.146. The van der Waals surface area contributed by atoms with Gasteiger partial charge in [-0.2, -0.15) is 5.26 Å². The van der Waals surface area contributed by atoms with Crippen LogP contribution in [0.2, 0.25) is 10.0 Å². The number of rotatable bonds is 6. The molecule has 0 atom stereocenters. The summed E-state index contributed by atoms with van der Waals surface area (Å²) < 4.78 is 10.1. The monoisotopic (exact) mass is 392 g/mol. The Morgan fingerprint density at radius 3 is 2.62 bits per heavy atom. The highest BCUT2D eigenvalue weighted by Gasteiger charge is 2.13. The number of nitrogens with one attached hydrogen (secondary N) is 1. The molecule has 0 saturated carbocycles. The zero-order valence-electron chi connectivity index (χ0n) is 13.7. The number of carbonyl (C=O) groups is 2. The number of carbonyl (C=O) groups excluding carboxylic acids is 2. The van der Waals surface area contributed by atoms with Crippen molar-refractivity contribution >= 4 is 40.8 Å². The summed E-state index contributed by atoms with van der Waals surface area (Å²) in [6.45, 7) is -0.459. The van der Waals surface area contributed by atoms with E-state index >= 15 is 0 Å². The lowest BCUT2D eigenvalue weighted by Gasteiger charge is -2.10. The normalized spacial score (nSPS) is 9.92. The van der Waals surface area contributed by atoms with Gasteiger partial charge in [0.25, 0.3) is 5.91 Å². The molecule has 0 aromatic heterocycles. The maximum Gasteiger partial charge on any atom is 0.310 e. The standard InChI is InChI=1S/C18H14Cl2N2O4/c1-25-16-5-3-13(19)6-12(16)7-18(24)26-10-17(23)22-14-4-2-11(9-21)15(20)8-14/h2-6,8H,7,10H2,1H3,(H,22,23). The summed E-state index contributed by atoms with van der Waals surface area (Å²) in [6, 6.07) is 11.3. The second kappa shape index (κ2) is 9.09. The molecule has 134 valence electrons. The van der Waals surface area contributed by atoms with E-state index < -0.39 is 18.5 Å². The van der Waals surface area contributed by atoms with Crippen LogP contribution in [0.25, 0.3) is 0 Å². The van der Waals surface area contributed by atoms with Crippen molar-refractivity contribution in [2.24, 2.45) is 0 Å². The molecule has 0 aliphatic rings. The number of methoxy groups -OCH3 is 1. The van der Waals surface area contributed by atoms with E-state index in [1.54, 1.807) is 18.2 Å². The van der Waals surface area contributed by atoms with Crippen molar-refractivity contribution in [3.63, 3.8) is 0 Å². The zero-order valence-corrected chi connectivity index (χ0v) is 15.2. The smallest absolute Gasteiger partial charge is 0.310 e. The SMILES string of the molecule is COc1ccc(Cl)cc1CC(=O)OCC(=O)Nc1ccc(C#N)c(Cl)c1. The number of benzene rings is 2. The van der Waals surface area contributed by atoms with Crippen molar-refractivity contribution in [1.82, 2.24) is 0 Å². The van der Waals surface area contributed by atoms with Crippen molar-refractivity contribution in [3.8, 4) is 11.8 Å². The summed E-state index contributed by atoms with van der Waals surface area (Å²) >= 11 is 11.8. The Hall–Kier alpha value is -2.75. The molecule has 8 heteroatoms. The van der Waals surface area contributed by atoms with E-state index in [1.807, 2.05) is 6.07 Å². The first-order valence-corrected chi connectivity index (χ1v) is 8.16. The molecule has 6 nitrogen and oxygen atoms in total. The van der Waals surface area contributed by atoms with Gasteiger partial charge < -0.3 is 14.8 Å². The maximum atomic E-state index is 11.9. The Morgan fingerprint density at radius 2 is 1.96 bits per heavy atom. The predicted molar refractivity (Wildman–Crippen MR) is 97.5 cm³/mol. The highest BCUT2D eigenvalue weighted by Crippen LogP contribution is 2.23. The largest absolute Gasteiger partial charge is 0.496 e. The molecule has 0 heterocycles. The number of amides is 1. The van der Waals surface area contributed by atoms with Crippen LogP contribution < -0.4 is 10.1 Å². The van der Waals surface area contributed by atoms with E-state index in [2.05, 4.69) is 5.32 Å². The molecule has 2 aromatic rings. The molecule has 0 fully saturated rings. The van der Waals surface area contributed by atoms with Crippen LogP contribution in [-0.4, -0.2) is 25.6 Å². The molecule has 0 saturated heterocycles. The highest BCUT2D eigenvalue weighted by molar-refractivity contribution is 6.32. The molecule has 26 heavy (non-hydrogen) atoms. The van der Waals surface area contributed by atoms with E-state index in [9.17, 15) is 9.59 Å². The molecule has 0 aliphatic carbocycles. The van der Waals surface area contributed by atoms with Gasteiger partial charge in [0, 0.05) is 16.3 Å². The first-order chi connectivity index (χ1) is 12.4. The van der Waals surface area contributed by atoms with Gasteiger partial charge in [-0.1, -0.05) is 23.2 Å². The lowest BCUT2D eigenvalue weighted by atomic mass is 10.1. The molecule has 0 unspecified atom stereocenters. The van der Waals surface area contributed by atoms with Gasteiger partial charge in [0.05, 0.1) is 24.1 Å². The summed E-state index contributed by atoms with van der Waals surface area (Å²) in [7, 11) is 1.48. The van der Waals surface area contributed by atoms with Gasteiger partial charge >= 0.3 is 5.97 Å². The summed E-state index contributed by atoms with van der Waals surface area (Å²) in [4.78, 5) is 23.8. The second-order valence-electron chi connectivity index (χ2n) is 5.15. The Kier molecular flexibility index (Phi) is 6.84. The molecule has 2 rings (SSSR count). The third kappa shape index (κ3) is 5.38. The van der Waals surface area contributed by atoms with Gasteiger partial charge in [0.15, 0.2) is 6.61 Å². The van der Waals surface area contributed by atoms with Crippen LogP contribution in [0.5, 0.6) is 5.75 Å². The van der Waals surface area contributed by atoms with Gasteiger partial charge in [0.2, 0.25) is 0 Å². The van der Waals surface area contributed by atoms with Gasteiger partial charge in [-0.25, -0.2) is 0 Å². The number of halogens is 2. The van der Waals surface area contributed by atoms with Crippen LogP contribution in [-0.2, 0) is 20.7 Å². The van der Waals surface area contributed by atoms with Gasteiger partial charge in [-0.3, -0.25) is 9.59 Å². The van der Waals surface area contributed by atoms with Crippen LogP contribution in [0.4, 0.5) is 5.69 Å². The van der Waals surface area contributed by atoms with Crippen LogP contribution in [0, 0.1) is 11.3 Å². The number of nitrogens with zero attached hydrogens (tertiary/aromatic N) is 1. The van der Waals surface area contributed by atoms with Crippen molar-refractivity contribution < 1.29 is 19.1 Å². The van der Waals surface area contributed by atoms with E-state index in [-0.39, 0.29) is 11.4 Å². The minimum atomic E-state index is -0.599. The Bertz CT molecular complexity index is 878. The van der Waals surface area contributed by atoms with Crippen molar-refractivity contribution in [1.29, 1.82) is 5.26 Å². The average molecular weight is 393 g/mol. The Morgan fingerprint density at radius 1 is 1.19 bits per heavy atom. The molecular formula is C18H14Cl2N2O4. The topological polar surface area (TPSA) is 88.4 Å². The average Bonchev–Trinajstić information content (AvgIpc) is 2.60. The van der Waals surface area contributed by atoms with Crippen LogP contribution in [0.15, 0.2) is 36.4 Å². The quantitative estimate of drug-likeness (QED) is 0.758. The van der Waals surface area contributed by atoms with E-state index in [1.165, 1.54) is 25.3 Å². The summed E-state index contributed by atoms with van der Waals surface area (Å²) in [5, 5.41) is 12.0. The molecule has 0 spiro atoms. The van der Waals surface area contributed by atoms with Crippen molar-refractivity contribution in [2.75, 3.05) is 19.0 Å². The third-order valence-electron chi connectivity index (χ3n) is 3.31. The fraction of sp³-hybridized carbons (Fsp3) is 0.167. The molecule has 1 N–H and O–H groups in total.